The number of amides is 1. The van der Waals surface area contributed by atoms with Crippen molar-refractivity contribution in [1.82, 2.24) is 4.90 Å². The van der Waals surface area contributed by atoms with E-state index in [1.165, 1.54) is 7.11 Å². The van der Waals surface area contributed by atoms with Gasteiger partial charge < -0.3 is 4.74 Å². The maximum atomic E-state index is 11.7. The van der Waals surface area contributed by atoms with E-state index in [4.69, 9.17) is 16.3 Å². The molecule has 4 heteroatoms. The van der Waals surface area contributed by atoms with Crippen LogP contribution < -0.4 is 0 Å². The number of carbonyl (C=O) groups excluding carboxylic acids is 1. The summed E-state index contributed by atoms with van der Waals surface area (Å²) in [5, 5.41) is 0.674. The molecule has 0 atom stereocenters. The maximum absolute atomic E-state index is 11.7. The Morgan fingerprint density at radius 3 is 2.90 bits per heavy atom. The highest BCUT2D eigenvalue weighted by atomic mass is 35.5. The minimum absolute atomic E-state index is 0.300. The smallest absolute Gasteiger partial charge is 0.410 e. The Morgan fingerprint density at radius 1 is 1.48 bits per heavy atom. The highest BCUT2D eigenvalue weighted by molar-refractivity contribution is 6.30. The van der Waals surface area contributed by atoms with Crippen molar-refractivity contribution in [3.8, 4) is 11.8 Å². The highest BCUT2D eigenvalue weighted by Gasteiger charge is 2.40. The van der Waals surface area contributed by atoms with E-state index >= 15 is 0 Å². The first-order valence-corrected chi connectivity index (χ1v) is 7.15. The van der Waals surface area contributed by atoms with Gasteiger partial charge in [0.2, 0.25) is 0 Å². The molecule has 21 heavy (non-hydrogen) atoms. The van der Waals surface area contributed by atoms with Gasteiger partial charge in [-0.05, 0) is 50.1 Å². The second-order valence-electron chi connectivity index (χ2n) is 5.38. The number of benzene rings is 1. The van der Waals surface area contributed by atoms with Crippen LogP contribution in [0.1, 0.15) is 25.8 Å². The SMILES string of the molecule is COC(=O)N1CC/C(=C\C#Cc2cccc(Cl)c2)C1(C)C. The molecule has 0 aliphatic carbocycles. The van der Waals surface area contributed by atoms with Gasteiger partial charge >= 0.3 is 6.09 Å². The average Bonchev–Trinajstić information content (AvgIpc) is 2.73. The predicted octanol–water partition coefficient (Wildman–Crippen LogP) is 3.87. The van der Waals surface area contributed by atoms with Gasteiger partial charge in [0, 0.05) is 17.1 Å². The fraction of sp³-hybridized carbons (Fsp3) is 0.353. The van der Waals surface area contributed by atoms with Crippen LogP contribution in [0.3, 0.4) is 0 Å². The van der Waals surface area contributed by atoms with E-state index in [9.17, 15) is 4.79 Å². The normalized spacial score (nSPS) is 18.3. The molecule has 0 unspecified atom stereocenters. The lowest BCUT2D eigenvalue weighted by molar-refractivity contribution is 0.105. The summed E-state index contributed by atoms with van der Waals surface area (Å²) in [5.74, 6) is 6.12. The highest BCUT2D eigenvalue weighted by Crippen LogP contribution is 2.34. The lowest BCUT2D eigenvalue weighted by Gasteiger charge is -2.31. The monoisotopic (exact) mass is 303 g/mol. The van der Waals surface area contributed by atoms with Crippen molar-refractivity contribution < 1.29 is 9.53 Å². The number of ether oxygens (including phenoxy) is 1. The minimum atomic E-state index is -0.365. The van der Waals surface area contributed by atoms with Gasteiger partial charge in [0.05, 0.1) is 12.6 Å². The summed E-state index contributed by atoms with van der Waals surface area (Å²) in [7, 11) is 1.40. The van der Waals surface area contributed by atoms with Gasteiger partial charge in [-0.3, -0.25) is 4.90 Å². The molecule has 1 fully saturated rings. The van der Waals surface area contributed by atoms with E-state index in [1.54, 1.807) is 4.90 Å². The quantitative estimate of drug-likeness (QED) is 0.681. The Balaban J connectivity index is 2.18. The number of allylic oxidation sites excluding steroid dienone is 1. The van der Waals surface area contributed by atoms with Crippen molar-refractivity contribution >= 4 is 17.7 Å². The first-order chi connectivity index (χ1) is 9.95. The van der Waals surface area contributed by atoms with Crippen molar-refractivity contribution in [2.45, 2.75) is 25.8 Å². The molecular formula is C17H18ClNO2. The van der Waals surface area contributed by atoms with Crippen molar-refractivity contribution in [3.05, 3.63) is 46.5 Å². The second kappa shape index (κ2) is 6.24. The van der Waals surface area contributed by atoms with Crippen molar-refractivity contribution in [2.75, 3.05) is 13.7 Å². The van der Waals surface area contributed by atoms with Crippen LogP contribution >= 0.6 is 11.6 Å². The molecule has 1 saturated heterocycles. The van der Waals surface area contributed by atoms with Crippen molar-refractivity contribution in [2.24, 2.45) is 0 Å². The molecule has 1 aliphatic heterocycles. The van der Waals surface area contributed by atoms with Crippen molar-refractivity contribution in [3.63, 3.8) is 0 Å². The first kappa shape index (κ1) is 15.5. The summed E-state index contributed by atoms with van der Waals surface area (Å²) in [5.41, 5.74) is 1.64. The number of likely N-dealkylation sites (tertiary alicyclic amines) is 1. The van der Waals surface area contributed by atoms with Gasteiger partial charge in [0.15, 0.2) is 0 Å². The molecule has 110 valence electrons. The maximum Gasteiger partial charge on any atom is 0.410 e. The van der Waals surface area contributed by atoms with Crippen LogP contribution in [0.4, 0.5) is 4.79 Å². The molecule has 0 bridgehead atoms. The van der Waals surface area contributed by atoms with Crippen LogP contribution in [0, 0.1) is 11.8 Å². The van der Waals surface area contributed by atoms with Crippen LogP contribution in [-0.2, 0) is 4.74 Å². The van der Waals surface area contributed by atoms with Gasteiger partial charge in [-0.15, -0.1) is 0 Å². The van der Waals surface area contributed by atoms with Crippen LogP contribution in [0.5, 0.6) is 0 Å². The van der Waals surface area contributed by atoms with Gasteiger partial charge in [-0.2, -0.15) is 0 Å². The topological polar surface area (TPSA) is 29.5 Å². The molecule has 2 rings (SSSR count). The standard InChI is InChI=1S/C17H18ClNO2/c1-17(2)14(10-11-19(17)16(20)21-3)8-4-6-13-7-5-9-15(18)12-13/h5,7-9,12H,10-11H2,1-3H3/b14-8+. The Morgan fingerprint density at radius 2 is 2.24 bits per heavy atom. The van der Waals surface area contributed by atoms with Gasteiger partial charge in [-0.1, -0.05) is 29.5 Å². The number of halogens is 1. The fourth-order valence-corrected chi connectivity index (χ4v) is 2.63. The number of carbonyl (C=O) groups is 1. The summed E-state index contributed by atoms with van der Waals surface area (Å²) >= 11 is 5.92. The first-order valence-electron chi connectivity index (χ1n) is 6.77. The Kier molecular flexibility index (Phi) is 4.59. The number of rotatable bonds is 0. The molecule has 1 aromatic rings. The number of methoxy groups -OCH3 is 1. The predicted molar refractivity (Wildman–Crippen MR) is 84.2 cm³/mol. The Bertz CT molecular complexity index is 638. The molecule has 0 saturated carbocycles. The summed E-state index contributed by atoms with van der Waals surface area (Å²) in [6, 6.07) is 7.43. The van der Waals surface area contributed by atoms with Crippen LogP contribution in [0.25, 0.3) is 0 Å². The lowest BCUT2D eigenvalue weighted by atomic mass is 9.95. The Labute approximate surface area is 130 Å². The molecule has 1 aliphatic rings. The summed E-state index contributed by atoms with van der Waals surface area (Å²) in [4.78, 5) is 13.5. The average molecular weight is 304 g/mol. The molecule has 1 amide bonds. The zero-order valence-electron chi connectivity index (χ0n) is 12.4. The molecule has 0 radical (unpaired) electrons. The van der Waals surface area contributed by atoms with Gasteiger partial charge in [0.1, 0.15) is 0 Å². The third-order valence-electron chi connectivity index (χ3n) is 3.75. The third-order valence-corrected chi connectivity index (χ3v) is 3.98. The molecule has 1 aromatic carbocycles. The Hall–Kier alpha value is -1.92. The summed E-state index contributed by atoms with van der Waals surface area (Å²) in [6.07, 6.45) is 2.40. The van der Waals surface area contributed by atoms with Crippen LogP contribution in [0.15, 0.2) is 35.9 Å². The van der Waals surface area contributed by atoms with Crippen LogP contribution in [-0.4, -0.2) is 30.2 Å². The molecule has 0 spiro atoms. The second-order valence-corrected chi connectivity index (χ2v) is 5.82. The van der Waals surface area contributed by atoms with E-state index in [0.29, 0.717) is 11.6 Å². The van der Waals surface area contributed by atoms with Gasteiger partial charge in [0.25, 0.3) is 0 Å². The molecule has 1 heterocycles. The van der Waals surface area contributed by atoms with E-state index in [0.717, 1.165) is 17.6 Å². The molecular weight excluding hydrogens is 286 g/mol. The third kappa shape index (κ3) is 3.40. The van der Waals surface area contributed by atoms with E-state index < -0.39 is 0 Å². The van der Waals surface area contributed by atoms with E-state index in [-0.39, 0.29) is 11.6 Å². The largest absolute Gasteiger partial charge is 0.453 e. The number of hydrogen-bond acceptors (Lipinski definition) is 2. The van der Waals surface area contributed by atoms with Crippen molar-refractivity contribution in [1.29, 1.82) is 0 Å². The molecule has 0 N–H and O–H groups in total. The summed E-state index contributed by atoms with van der Waals surface area (Å²) < 4.78 is 4.81. The number of nitrogens with zero attached hydrogens (tertiary/aromatic N) is 1. The summed E-state index contributed by atoms with van der Waals surface area (Å²) in [6.45, 7) is 4.66. The molecule has 3 nitrogen and oxygen atoms in total. The minimum Gasteiger partial charge on any atom is -0.453 e. The zero-order valence-corrected chi connectivity index (χ0v) is 13.2. The van der Waals surface area contributed by atoms with E-state index in [2.05, 4.69) is 11.8 Å². The number of hydrogen-bond donors (Lipinski definition) is 0. The van der Waals surface area contributed by atoms with Gasteiger partial charge in [-0.25, -0.2) is 4.79 Å². The lowest BCUT2D eigenvalue weighted by Crippen LogP contribution is -2.43. The molecule has 0 aromatic heterocycles. The zero-order chi connectivity index (χ0) is 15.5. The van der Waals surface area contributed by atoms with E-state index in [1.807, 2.05) is 44.2 Å². The van der Waals surface area contributed by atoms with Crippen LogP contribution in [0.2, 0.25) is 5.02 Å². The fourth-order valence-electron chi connectivity index (χ4n) is 2.44.